The number of para-hydroxylation sites is 1. The lowest BCUT2D eigenvalue weighted by molar-refractivity contribution is -0.143. The Bertz CT molecular complexity index is 2200. The molecule has 1 spiro atoms. The van der Waals surface area contributed by atoms with Gasteiger partial charge in [0.25, 0.3) is 5.91 Å². The standard InChI is InChI=1S/C41H49N5O9S/c1-5-26-20-41(26,37(49)45-56(51,52)29-13-14-29)44-34(47)32-19-28-21-46(32)36(48)33(39(2,3)4)43-38(50)54-23-40(15-16-40)22-53-27-11-8-10-24(17-27)30-18-25-9-6-7-12-31(25)42-35(30)55-28/h6-12,17-18,26,28-29,32-33H,5,13-16,19-23H2,1-4H3,(H,43,50)(H,44,47)(H,45,49)/t26-,28?,32+,33-,41?/m1/s1. The minimum Gasteiger partial charge on any atom is -0.493 e. The lowest BCUT2D eigenvalue weighted by atomic mass is 9.85. The number of nitrogens with one attached hydrogen (secondary N) is 3. The highest BCUT2D eigenvalue weighted by molar-refractivity contribution is 7.91. The number of hydrogen-bond donors (Lipinski definition) is 3. The van der Waals surface area contributed by atoms with Crippen molar-refractivity contribution in [2.75, 3.05) is 19.8 Å². The molecule has 1 saturated heterocycles. The molecule has 3 N–H and O–H groups in total. The number of nitrogens with zero attached hydrogens (tertiary/aromatic N) is 2. The molecule has 14 nitrogen and oxygen atoms in total. The first kappa shape index (κ1) is 38.0. The number of amides is 4. The van der Waals surface area contributed by atoms with Gasteiger partial charge in [-0.15, -0.1) is 0 Å². The maximum atomic E-state index is 14.7. The Morgan fingerprint density at radius 1 is 1.02 bits per heavy atom. The number of benzene rings is 2. The van der Waals surface area contributed by atoms with Gasteiger partial charge < -0.3 is 29.7 Å². The summed E-state index contributed by atoms with van der Waals surface area (Å²) in [7, 11) is -3.88. The summed E-state index contributed by atoms with van der Waals surface area (Å²) in [6.45, 7) is 7.71. The zero-order valence-electron chi connectivity index (χ0n) is 32.1. The molecule has 5 atom stereocenters. The van der Waals surface area contributed by atoms with Gasteiger partial charge >= 0.3 is 6.09 Å². The Balaban J connectivity index is 1.16. The zero-order chi connectivity index (χ0) is 39.6. The lowest BCUT2D eigenvalue weighted by Crippen LogP contribution is -2.60. The van der Waals surface area contributed by atoms with E-state index < -0.39 is 68.2 Å². The van der Waals surface area contributed by atoms with Gasteiger partial charge in [0.1, 0.15) is 36.1 Å². The molecule has 3 aliphatic carbocycles. The Hall–Kier alpha value is -4.92. The molecular formula is C41H49N5O9S. The number of pyridine rings is 1. The second-order valence-corrected chi connectivity index (χ2v) is 19.3. The smallest absolute Gasteiger partial charge is 0.407 e. The first-order chi connectivity index (χ1) is 26.6. The molecule has 3 aromatic rings. The molecule has 3 saturated carbocycles. The van der Waals surface area contributed by atoms with E-state index in [0.717, 1.165) is 23.8 Å². The Kier molecular flexibility index (Phi) is 9.44. The Morgan fingerprint density at radius 2 is 1.77 bits per heavy atom. The number of carbonyl (C=O) groups is 4. The van der Waals surface area contributed by atoms with E-state index in [0.29, 0.717) is 48.6 Å². The number of aromatic nitrogens is 1. The Labute approximate surface area is 326 Å². The monoisotopic (exact) mass is 787 g/mol. The van der Waals surface area contributed by atoms with Gasteiger partial charge in [0, 0.05) is 22.8 Å². The number of alkyl carbamates (subject to hydrolysis) is 1. The van der Waals surface area contributed by atoms with Crippen molar-refractivity contribution in [2.45, 2.75) is 102 Å². The molecule has 8 rings (SSSR count). The van der Waals surface area contributed by atoms with Gasteiger partial charge in [0.05, 0.1) is 23.9 Å². The first-order valence-corrected chi connectivity index (χ1v) is 21.1. The molecule has 298 valence electrons. The van der Waals surface area contributed by atoms with Gasteiger partial charge in [-0.3, -0.25) is 19.1 Å². The molecular weight excluding hydrogens is 739 g/mol. The van der Waals surface area contributed by atoms with Crippen molar-refractivity contribution in [1.29, 1.82) is 0 Å². The normalized spacial score (nSPS) is 27.4. The van der Waals surface area contributed by atoms with Crippen LogP contribution in [0.4, 0.5) is 4.79 Å². The fourth-order valence-corrected chi connectivity index (χ4v) is 9.28. The van der Waals surface area contributed by atoms with Gasteiger partial charge in [-0.25, -0.2) is 18.2 Å². The number of cyclic esters (lactones) is 1. The summed E-state index contributed by atoms with van der Waals surface area (Å²) in [5.41, 5.74) is -0.433. The van der Waals surface area contributed by atoms with Gasteiger partial charge in [-0.1, -0.05) is 64.4 Å². The average Bonchev–Trinajstić information content (AvgIpc) is 4.08. The van der Waals surface area contributed by atoms with Crippen LogP contribution in [0.25, 0.3) is 22.0 Å². The molecule has 4 fully saturated rings. The van der Waals surface area contributed by atoms with E-state index in [1.807, 2.05) is 82.3 Å². The fourth-order valence-electron chi connectivity index (χ4n) is 7.91. The summed E-state index contributed by atoms with van der Waals surface area (Å²) in [4.78, 5) is 62.5. The van der Waals surface area contributed by atoms with Crippen LogP contribution in [0, 0.1) is 16.7 Å². The third-order valence-corrected chi connectivity index (χ3v) is 13.7. The molecule has 2 aliphatic heterocycles. The van der Waals surface area contributed by atoms with Crippen LogP contribution < -0.4 is 24.8 Å². The van der Waals surface area contributed by atoms with Gasteiger partial charge in [0.15, 0.2) is 0 Å². The quantitative estimate of drug-likeness (QED) is 0.323. The topological polar surface area (TPSA) is 182 Å². The predicted molar refractivity (Wildman–Crippen MR) is 206 cm³/mol. The molecule has 15 heteroatoms. The molecule has 56 heavy (non-hydrogen) atoms. The minimum absolute atomic E-state index is 0.0348. The highest BCUT2D eigenvalue weighted by atomic mass is 32.2. The highest BCUT2D eigenvalue weighted by Gasteiger charge is 2.62. The van der Waals surface area contributed by atoms with E-state index >= 15 is 0 Å². The van der Waals surface area contributed by atoms with Gasteiger partial charge in [0.2, 0.25) is 27.7 Å². The Morgan fingerprint density at radius 3 is 2.46 bits per heavy atom. The second-order valence-electron chi connectivity index (χ2n) is 17.3. The van der Waals surface area contributed by atoms with Crippen LogP contribution in [0.3, 0.4) is 0 Å². The summed E-state index contributed by atoms with van der Waals surface area (Å²) < 4.78 is 46.5. The largest absolute Gasteiger partial charge is 0.493 e. The number of ether oxygens (including phenoxy) is 3. The van der Waals surface area contributed by atoms with Crippen molar-refractivity contribution >= 4 is 44.7 Å². The number of carbonyl (C=O) groups excluding carboxylic acids is 4. The van der Waals surface area contributed by atoms with E-state index in [1.54, 1.807) is 0 Å². The predicted octanol–water partition coefficient (Wildman–Crippen LogP) is 4.46. The molecule has 0 radical (unpaired) electrons. The number of hydrogen-bond acceptors (Lipinski definition) is 10. The third kappa shape index (κ3) is 7.49. The maximum absolute atomic E-state index is 14.7. The van der Waals surface area contributed by atoms with Crippen LogP contribution in [0.5, 0.6) is 11.6 Å². The van der Waals surface area contributed by atoms with Crippen LogP contribution in [0.2, 0.25) is 0 Å². The van der Waals surface area contributed by atoms with Crippen molar-refractivity contribution in [3.05, 3.63) is 54.6 Å². The molecule has 4 bridgehead atoms. The molecule has 2 unspecified atom stereocenters. The fraction of sp³-hybridized carbons (Fsp3) is 0.537. The van der Waals surface area contributed by atoms with Gasteiger partial charge in [-0.05, 0) is 73.3 Å². The SMILES string of the molecule is CC[C@@H]1CC1(NC(=O)[C@@H]1CC2CN1C(=O)[C@H](C(C)(C)C)NC(=O)OCC1(CC1)COc1cccc(c1)-c1cc3ccccc3nc1O2)C(=O)NS(=O)(=O)C1CC1. The third-order valence-electron chi connectivity index (χ3n) is 11.9. The van der Waals surface area contributed by atoms with Gasteiger partial charge in [-0.2, -0.15) is 0 Å². The second kappa shape index (κ2) is 13.9. The summed E-state index contributed by atoms with van der Waals surface area (Å²) in [5.74, 6) is -1.27. The molecule has 2 aromatic carbocycles. The number of sulfonamides is 1. The van der Waals surface area contributed by atoms with Crippen molar-refractivity contribution in [3.8, 4) is 22.8 Å². The van der Waals surface area contributed by atoms with Crippen LogP contribution in [-0.4, -0.2) is 90.9 Å². The summed E-state index contributed by atoms with van der Waals surface area (Å²) in [6.07, 6.45) is 1.90. The average molecular weight is 788 g/mol. The van der Waals surface area contributed by atoms with Crippen molar-refractivity contribution in [3.63, 3.8) is 0 Å². The van der Waals surface area contributed by atoms with Crippen LogP contribution >= 0.6 is 0 Å². The summed E-state index contributed by atoms with van der Waals surface area (Å²) >= 11 is 0. The van der Waals surface area contributed by atoms with E-state index in [-0.39, 0.29) is 37.3 Å². The molecule has 3 heterocycles. The van der Waals surface area contributed by atoms with Crippen LogP contribution in [-0.2, 0) is 29.1 Å². The maximum Gasteiger partial charge on any atom is 0.407 e. The summed E-state index contributed by atoms with van der Waals surface area (Å²) in [5, 5.41) is 5.95. The van der Waals surface area contributed by atoms with Crippen molar-refractivity contribution in [2.24, 2.45) is 16.7 Å². The first-order valence-electron chi connectivity index (χ1n) is 19.5. The number of rotatable bonds is 6. The van der Waals surface area contributed by atoms with Crippen LogP contribution in [0.15, 0.2) is 54.6 Å². The van der Waals surface area contributed by atoms with E-state index in [4.69, 9.17) is 19.2 Å². The minimum atomic E-state index is -3.88. The summed E-state index contributed by atoms with van der Waals surface area (Å²) in [6, 6.07) is 15.0. The molecule has 4 amide bonds. The van der Waals surface area contributed by atoms with Crippen molar-refractivity contribution in [1.82, 2.24) is 25.2 Å². The van der Waals surface area contributed by atoms with Crippen molar-refractivity contribution < 1.29 is 41.8 Å². The lowest BCUT2D eigenvalue weighted by Gasteiger charge is -2.35. The highest BCUT2D eigenvalue weighted by Crippen LogP contribution is 2.48. The van der Waals surface area contributed by atoms with E-state index in [2.05, 4.69) is 15.4 Å². The zero-order valence-corrected chi connectivity index (χ0v) is 32.9. The molecule has 1 aromatic heterocycles. The van der Waals surface area contributed by atoms with Crippen LogP contribution in [0.1, 0.15) is 72.6 Å². The van der Waals surface area contributed by atoms with E-state index in [9.17, 15) is 27.6 Å². The number of fused-ring (bicyclic) bond motifs is 7. The molecule has 5 aliphatic rings. The van der Waals surface area contributed by atoms with E-state index in [1.165, 1.54) is 4.90 Å².